The number of hydrogen-bond donors (Lipinski definition) is 1. The van der Waals surface area contributed by atoms with Gasteiger partial charge < -0.3 is 14.5 Å². The predicted octanol–water partition coefficient (Wildman–Crippen LogP) is 3.14. The highest BCUT2D eigenvalue weighted by molar-refractivity contribution is 5.86. The Morgan fingerprint density at radius 3 is 2.86 bits per heavy atom. The largest absolute Gasteiger partial charge is 0.468 e. The highest BCUT2D eigenvalue weighted by Gasteiger charge is 2.65. The molecule has 6 rings (SSSR count). The summed E-state index contributed by atoms with van der Waals surface area (Å²) in [5.74, 6) is -0.648. The van der Waals surface area contributed by atoms with Crippen molar-refractivity contribution in [2.45, 2.75) is 38.8 Å². The molecule has 0 aliphatic carbocycles. The summed E-state index contributed by atoms with van der Waals surface area (Å²) >= 11 is 0. The van der Waals surface area contributed by atoms with Gasteiger partial charge in [0.05, 0.1) is 13.2 Å². The minimum Gasteiger partial charge on any atom is -0.468 e. The van der Waals surface area contributed by atoms with Gasteiger partial charge in [-0.05, 0) is 31.4 Å². The molecule has 4 aliphatic heterocycles. The van der Waals surface area contributed by atoms with Crippen molar-refractivity contribution in [2.75, 3.05) is 20.3 Å². The molecule has 1 aromatic heterocycles. The fourth-order valence-electron chi connectivity index (χ4n) is 6.08. The average molecular weight is 394 g/mol. The molecule has 2 aromatic rings. The van der Waals surface area contributed by atoms with Crippen LogP contribution < -0.4 is 0 Å². The van der Waals surface area contributed by atoms with E-state index < -0.39 is 5.41 Å². The highest BCUT2D eigenvalue weighted by atomic mass is 16.5. The zero-order valence-corrected chi connectivity index (χ0v) is 17.0. The Balaban J connectivity index is 1.69. The molecule has 0 saturated carbocycles. The molecule has 29 heavy (non-hydrogen) atoms. The first-order valence-corrected chi connectivity index (χ1v) is 10.2. The Kier molecular flexibility index (Phi) is 4.10. The molecule has 1 aromatic carbocycles. The van der Waals surface area contributed by atoms with Gasteiger partial charge in [-0.25, -0.2) is 0 Å². The summed E-state index contributed by atoms with van der Waals surface area (Å²) in [7, 11) is 1.43. The van der Waals surface area contributed by atoms with Crippen LogP contribution in [0.4, 0.5) is 0 Å². The fraction of sp³-hybridized carbons (Fsp3) is 0.478. The molecule has 3 fully saturated rings. The summed E-state index contributed by atoms with van der Waals surface area (Å²) in [5, 5.41) is 1.22. The number of nitrogens with one attached hydrogen (secondary N) is 1. The van der Waals surface area contributed by atoms with Crippen LogP contribution in [0.1, 0.15) is 37.6 Å². The second-order valence-electron chi connectivity index (χ2n) is 8.43. The SMILES string of the molecule is C/C=C1\CN2C3Cc4c([nH]c5ccccc45)[C@@H]2C[C@@H]1C3(COC(C)=O)C(=O)OC. The van der Waals surface area contributed by atoms with Crippen molar-refractivity contribution in [1.82, 2.24) is 9.88 Å². The van der Waals surface area contributed by atoms with E-state index in [0.717, 1.165) is 24.9 Å². The molecule has 0 spiro atoms. The Hall–Kier alpha value is -2.60. The van der Waals surface area contributed by atoms with Gasteiger partial charge in [-0.1, -0.05) is 29.8 Å². The maximum atomic E-state index is 13.3. The lowest BCUT2D eigenvalue weighted by Crippen LogP contribution is -2.70. The van der Waals surface area contributed by atoms with Gasteiger partial charge in [-0.3, -0.25) is 14.5 Å². The molecule has 0 amide bonds. The second-order valence-corrected chi connectivity index (χ2v) is 8.43. The number of fused-ring (bicyclic) bond motifs is 4. The molecular formula is C23H26N2O4. The number of H-pyrrole nitrogens is 1. The molecule has 3 saturated heterocycles. The van der Waals surface area contributed by atoms with Crippen LogP contribution in [0, 0.1) is 11.3 Å². The van der Waals surface area contributed by atoms with Gasteiger partial charge >= 0.3 is 11.9 Å². The summed E-state index contributed by atoms with van der Waals surface area (Å²) in [5.41, 5.74) is 4.04. The number of hydrogen-bond acceptors (Lipinski definition) is 5. The van der Waals surface area contributed by atoms with Crippen molar-refractivity contribution in [3.05, 3.63) is 47.2 Å². The molecule has 6 nitrogen and oxygen atoms in total. The van der Waals surface area contributed by atoms with Crippen molar-refractivity contribution < 1.29 is 19.1 Å². The van der Waals surface area contributed by atoms with E-state index in [2.05, 4.69) is 34.2 Å². The minimum atomic E-state index is -0.882. The van der Waals surface area contributed by atoms with Crippen LogP contribution in [0.25, 0.3) is 10.9 Å². The van der Waals surface area contributed by atoms with Crippen LogP contribution in [-0.4, -0.2) is 48.1 Å². The average Bonchev–Trinajstić information content (AvgIpc) is 3.11. The predicted molar refractivity (Wildman–Crippen MR) is 108 cm³/mol. The second kappa shape index (κ2) is 6.46. The molecule has 4 bridgehead atoms. The maximum absolute atomic E-state index is 13.3. The third-order valence-electron chi connectivity index (χ3n) is 7.32. The van der Waals surface area contributed by atoms with E-state index in [4.69, 9.17) is 9.47 Å². The number of carbonyl (C=O) groups excluding carboxylic acids is 2. The van der Waals surface area contributed by atoms with Gasteiger partial charge in [0, 0.05) is 42.0 Å². The summed E-state index contributed by atoms with van der Waals surface area (Å²) in [4.78, 5) is 31.1. The van der Waals surface area contributed by atoms with Gasteiger partial charge in [-0.2, -0.15) is 0 Å². The molecule has 4 aliphatic rings. The van der Waals surface area contributed by atoms with Crippen LogP contribution in [0.2, 0.25) is 0 Å². The summed E-state index contributed by atoms with van der Waals surface area (Å²) in [6.07, 6.45) is 3.66. The maximum Gasteiger partial charge on any atom is 0.317 e. The number of nitrogens with zero attached hydrogens (tertiary/aromatic N) is 1. The van der Waals surface area contributed by atoms with Crippen LogP contribution in [0.3, 0.4) is 0 Å². The number of ether oxygens (including phenoxy) is 2. The number of esters is 2. The molecule has 6 heteroatoms. The molecule has 1 N–H and O–H groups in total. The third-order valence-corrected chi connectivity index (χ3v) is 7.32. The zero-order valence-electron chi connectivity index (χ0n) is 17.0. The molecule has 152 valence electrons. The minimum absolute atomic E-state index is 0.00105. The quantitative estimate of drug-likeness (QED) is 0.640. The number of piperidine rings is 3. The van der Waals surface area contributed by atoms with E-state index in [9.17, 15) is 9.59 Å². The Labute approximate surface area is 169 Å². The first-order chi connectivity index (χ1) is 14.0. The van der Waals surface area contributed by atoms with Crippen molar-refractivity contribution in [2.24, 2.45) is 11.3 Å². The number of aromatic amines is 1. The zero-order chi connectivity index (χ0) is 20.3. The smallest absolute Gasteiger partial charge is 0.317 e. The van der Waals surface area contributed by atoms with Crippen molar-refractivity contribution in [3.8, 4) is 0 Å². The normalized spacial score (nSPS) is 33.6. The number of rotatable bonds is 3. The van der Waals surface area contributed by atoms with E-state index in [0.29, 0.717) is 0 Å². The highest BCUT2D eigenvalue weighted by Crippen LogP contribution is 2.59. The first kappa shape index (κ1) is 18.4. The summed E-state index contributed by atoms with van der Waals surface area (Å²) < 4.78 is 10.8. The first-order valence-electron chi connectivity index (χ1n) is 10.2. The van der Waals surface area contributed by atoms with Crippen LogP contribution in [0.5, 0.6) is 0 Å². The molecule has 5 atom stereocenters. The lowest BCUT2D eigenvalue weighted by molar-refractivity contribution is -0.188. The number of para-hydroxylation sites is 1. The molecule has 3 unspecified atom stereocenters. The van der Waals surface area contributed by atoms with E-state index in [1.165, 1.54) is 36.3 Å². The summed E-state index contributed by atoms with van der Waals surface area (Å²) in [6, 6.07) is 8.52. The Bertz CT molecular complexity index is 1040. The van der Waals surface area contributed by atoms with Gasteiger partial charge in [0.15, 0.2) is 0 Å². The van der Waals surface area contributed by atoms with E-state index in [1.807, 2.05) is 13.0 Å². The third kappa shape index (κ3) is 2.38. The van der Waals surface area contributed by atoms with E-state index in [-0.39, 0.29) is 36.5 Å². The topological polar surface area (TPSA) is 71.6 Å². The molecule has 0 radical (unpaired) electrons. The lowest BCUT2D eigenvalue weighted by atomic mass is 9.55. The standard InChI is InChI=1S/C23H26N2O4/c1-4-14-11-25-19-10-17(14)23(22(27)28-3,12-29-13(2)26)20(25)9-16-15-7-5-6-8-18(15)24-21(16)19/h4-8,17,19-20,24H,9-12H2,1-3H3/b14-4+/t17-,19-,20?,23?/m0/s1. The monoisotopic (exact) mass is 394 g/mol. The fourth-order valence-corrected chi connectivity index (χ4v) is 6.08. The number of carbonyl (C=O) groups is 2. The van der Waals surface area contributed by atoms with Crippen molar-refractivity contribution >= 4 is 22.8 Å². The molecule has 5 heterocycles. The van der Waals surface area contributed by atoms with Crippen molar-refractivity contribution in [3.63, 3.8) is 0 Å². The van der Waals surface area contributed by atoms with Crippen LogP contribution in [-0.2, 0) is 25.5 Å². The lowest BCUT2D eigenvalue weighted by Gasteiger charge is -2.62. The Morgan fingerprint density at radius 2 is 2.14 bits per heavy atom. The summed E-state index contributed by atoms with van der Waals surface area (Å²) in [6.45, 7) is 4.31. The molecular weight excluding hydrogens is 368 g/mol. The van der Waals surface area contributed by atoms with Gasteiger partial charge in [0.1, 0.15) is 12.0 Å². The van der Waals surface area contributed by atoms with Crippen LogP contribution in [0.15, 0.2) is 35.9 Å². The number of allylic oxidation sites excluding steroid dienone is 1. The van der Waals surface area contributed by atoms with Crippen molar-refractivity contribution in [1.29, 1.82) is 0 Å². The van der Waals surface area contributed by atoms with Gasteiger partial charge in [0.25, 0.3) is 0 Å². The van der Waals surface area contributed by atoms with E-state index in [1.54, 1.807) is 0 Å². The van der Waals surface area contributed by atoms with E-state index >= 15 is 0 Å². The van der Waals surface area contributed by atoms with Crippen LogP contribution >= 0.6 is 0 Å². The van der Waals surface area contributed by atoms with Gasteiger partial charge in [0.2, 0.25) is 0 Å². The van der Waals surface area contributed by atoms with Gasteiger partial charge in [-0.15, -0.1) is 0 Å². The number of benzene rings is 1. The number of aromatic nitrogens is 1. The Morgan fingerprint density at radius 1 is 1.34 bits per heavy atom. The number of methoxy groups -OCH3 is 1.